The highest BCUT2D eigenvalue weighted by Crippen LogP contribution is 2.07. The predicted octanol–water partition coefficient (Wildman–Crippen LogP) is 1.59. The van der Waals surface area contributed by atoms with Gasteiger partial charge in [0.1, 0.15) is 12.2 Å². The molecule has 2 rings (SSSR count). The maximum Gasteiger partial charge on any atom is 0.138 e. The highest BCUT2D eigenvalue weighted by Gasteiger charge is 2.10. The molecule has 0 amide bonds. The Balaban J connectivity index is 1.84. The van der Waals surface area contributed by atoms with Crippen molar-refractivity contribution in [1.29, 1.82) is 0 Å². The molecule has 1 atom stereocenters. The fourth-order valence-corrected chi connectivity index (χ4v) is 2.08. The van der Waals surface area contributed by atoms with Crippen LogP contribution in [0.3, 0.4) is 0 Å². The molecule has 0 aliphatic heterocycles. The molecule has 2 aromatic rings. The molecular formula is C14H21N5. The van der Waals surface area contributed by atoms with E-state index in [2.05, 4.69) is 22.0 Å². The Morgan fingerprint density at radius 1 is 1.32 bits per heavy atom. The Morgan fingerprint density at radius 2 is 2.11 bits per heavy atom. The van der Waals surface area contributed by atoms with E-state index in [1.54, 1.807) is 6.33 Å². The van der Waals surface area contributed by atoms with Crippen LogP contribution in [0.1, 0.15) is 31.2 Å². The Kier molecular flexibility index (Phi) is 5.03. The highest BCUT2D eigenvalue weighted by atomic mass is 15.3. The first-order chi connectivity index (χ1) is 9.29. The van der Waals surface area contributed by atoms with E-state index in [4.69, 9.17) is 5.73 Å². The Labute approximate surface area is 113 Å². The SMILES string of the molecule is CCCn1ncnc1CC(N)CCc1ccncc1. The molecule has 2 aromatic heterocycles. The van der Waals surface area contributed by atoms with Crippen LogP contribution < -0.4 is 5.73 Å². The molecule has 0 aliphatic carbocycles. The van der Waals surface area contributed by atoms with Crippen LogP contribution in [0, 0.1) is 0 Å². The molecular weight excluding hydrogens is 238 g/mol. The summed E-state index contributed by atoms with van der Waals surface area (Å²) in [5.74, 6) is 0.990. The van der Waals surface area contributed by atoms with Crippen molar-refractivity contribution >= 4 is 0 Å². The normalized spacial score (nSPS) is 12.5. The Morgan fingerprint density at radius 3 is 2.84 bits per heavy atom. The summed E-state index contributed by atoms with van der Waals surface area (Å²) in [6.07, 6.45) is 9.01. The van der Waals surface area contributed by atoms with E-state index in [0.29, 0.717) is 0 Å². The van der Waals surface area contributed by atoms with Crippen molar-refractivity contribution < 1.29 is 0 Å². The first-order valence-corrected chi connectivity index (χ1v) is 6.80. The van der Waals surface area contributed by atoms with Gasteiger partial charge in [-0.2, -0.15) is 5.10 Å². The molecule has 5 heteroatoms. The van der Waals surface area contributed by atoms with Gasteiger partial charge in [0.05, 0.1) is 0 Å². The Hall–Kier alpha value is -1.75. The molecule has 5 nitrogen and oxygen atoms in total. The minimum absolute atomic E-state index is 0.118. The lowest BCUT2D eigenvalue weighted by atomic mass is 10.0. The molecule has 0 fully saturated rings. The molecule has 19 heavy (non-hydrogen) atoms. The molecule has 1 unspecified atom stereocenters. The highest BCUT2D eigenvalue weighted by molar-refractivity contribution is 5.10. The number of hydrogen-bond acceptors (Lipinski definition) is 4. The molecule has 0 saturated carbocycles. The van der Waals surface area contributed by atoms with Gasteiger partial charge in [-0.3, -0.25) is 9.67 Å². The molecule has 0 radical (unpaired) electrons. The monoisotopic (exact) mass is 259 g/mol. The second-order valence-electron chi connectivity index (χ2n) is 4.76. The van der Waals surface area contributed by atoms with E-state index < -0.39 is 0 Å². The van der Waals surface area contributed by atoms with Crippen molar-refractivity contribution in [1.82, 2.24) is 19.7 Å². The van der Waals surface area contributed by atoms with Gasteiger partial charge in [0.15, 0.2) is 0 Å². The second-order valence-corrected chi connectivity index (χ2v) is 4.76. The van der Waals surface area contributed by atoms with Gasteiger partial charge in [-0.1, -0.05) is 6.92 Å². The van der Waals surface area contributed by atoms with Crippen LogP contribution in [-0.2, 0) is 19.4 Å². The van der Waals surface area contributed by atoms with E-state index in [1.807, 2.05) is 29.2 Å². The third kappa shape index (κ3) is 4.13. The lowest BCUT2D eigenvalue weighted by Gasteiger charge is -2.11. The van der Waals surface area contributed by atoms with Crippen LogP contribution in [0.4, 0.5) is 0 Å². The van der Waals surface area contributed by atoms with Gasteiger partial charge >= 0.3 is 0 Å². The summed E-state index contributed by atoms with van der Waals surface area (Å²) in [7, 11) is 0. The van der Waals surface area contributed by atoms with Gasteiger partial charge in [0.25, 0.3) is 0 Å². The molecule has 0 aliphatic rings. The summed E-state index contributed by atoms with van der Waals surface area (Å²) in [4.78, 5) is 8.30. The van der Waals surface area contributed by atoms with Gasteiger partial charge < -0.3 is 5.73 Å². The van der Waals surface area contributed by atoms with Gasteiger partial charge in [-0.25, -0.2) is 4.98 Å². The van der Waals surface area contributed by atoms with E-state index in [0.717, 1.165) is 38.1 Å². The minimum atomic E-state index is 0.118. The number of aromatic nitrogens is 4. The van der Waals surface area contributed by atoms with Crippen LogP contribution in [0.25, 0.3) is 0 Å². The summed E-state index contributed by atoms with van der Waals surface area (Å²) >= 11 is 0. The van der Waals surface area contributed by atoms with E-state index in [9.17, 15) is 0 Å². The second kappa shape index (κ2) is 6.99. The molecule has 0 bridgehead atoms. The zero-order valence-corrected chi connectivity index (χ0v) is 11.4. The lowest BCUT2D eigenvalue weighted by molar-refractivity contribution is 0.527. The van der Waals surface area contributed by atoms with Crippen molar-refractivity contribution in [2.75, 3.05) is 0 Å². The van der Waals surface area contributed by atoms with Gasteiger partial charge in [-0.15, -0.1) is 0 Å². The predicted molar refractivity (Wildman–Crippen MR) is 74.6 cm³/mol. The zero-order valence-electron chi connectivity index (χ0n) is 11.4. The first-order valence-electron chi connectivity index (χ1n) is 6.80. The summed E-state index contributed by atoms with van der Waals surface area (Å²) in [5, 5.41) is 4.22. The molecule has 2 heterocycles. The summed E-state index contributed by atoms with van der Waals surface area (Å²) in [5.41, 5.74) is 7.46. The number of nitrogens with two attached hydrogens (primary N) is 1. The van der Waals surface area contributed by atoms with Crippen LogP contribution in [0.15, 0.2) is 30.9 Å². The van der Waals surface area contributed by atoms with Crippen LogP contribution >= 0.6 is 0 Å². The maximum absolute atomic E-state index is 6.18. The fraction of sp³-hybridized carbons (Fsp3) is 0.500. The van der Waals surface area contributed by atoms with E-state index in [1.165, 1.54) is 5.56 Å². The third-order valence-corrected chi connectivity index (χ3v) is 3.13. The summed E-state index contributed by atoms with van der Waals surface area (Å²) in [6, 6.07) is 4.19. The van der Waals surface area contributed by atoms with Gasteiger partial charge in [-0.05, 0) is 37.0 Å². The zero-order chi connectivity index (χ0) is 13.5. The van der Waals surface area contributed by atoms with Crippen molar-refractivity contribution in [3.05, 3.63) is 42.2 Å². The first kappa shape index (κ1) is 13.7. The minimum Gasteiger partial charge on any atom is -0.327 e. The number of rotatable bonds is 7. The van der Waals surface area contributed by atoms with Crippen LogP contribution in [-0.4, -0.2) is 25.8 Å². The third-order valence-electron chi connectivity index (χ3n) is 3.13. The number of pyridine rings is 1. The summed E-state index contributed by atoms with van der Waals surface area (Å²) < 4.78 is 1.95. The Bertz CT molecular complexity index is 480. The quantitative estimate of drug-likeness (QED) is 0.819. The van der Waals surface area contributed by atoms with Crippen molar-refractivity contribution in [3.8, 4) is 0 Å². The van der Waals surface area contributed by atoms with Crippen LogP contribution in [0.5, 0.6) is 0 Å². The molecule has 0 saturated heterocycles. The molecule has 0 aromatic carbocycles. The maximum atomic E-state index is 6.18. The largest absolute Gasteiger partial charge is 0.327 e. The number of aryl methyl sites for hydroxylation is 2. The number of hydrogen-bond donors (Lipinski definition) is 1. The standard InChI is InChI=1S/C14H21N5/c1-2-9-19-14(17-11-18-19)10-13(15)4-3-12-5-7-16-8-6-12/h5-8,11,13H,2-4,9-10,15H2,1H3. The molecule has 102 valence electrons. The van der Waals surface area contributed by atoms with Gasteiger partial charge in [0, 0.05) is 31.4 Å². The lowest BCUT2D eigenvalue weighted by Crippen LogP contribution is -2.25. The van der Waals surface area contributed by atoms with Crippen molar-refractivity contribution in [2.45, 2.75) is 45.2 Å². The smallest absolute Gasteiger partial charge is 0.138 e. The van der Waals surface area contributed by atoms with Crippen molar-refractivity contribution in [3.63, 3.8) is 0 Å². The summed E-state index contributed by atoms with van der Waals surface area (Å²) in [6.45, 7) is 3.04. The van der Waals surface area contributed by atoms with E-state index >= 15 is 0 Å². The number of nitrogens with zero attached hydrogens (tertiary/aromatic N) is 4. The van der Waals surface area contributed by atoms with E-state index in [-0.39, 0.29) is 6.04 Å². The molecule has 2 N–H and O–H groups in total. The average molecular weight is 259 g/mol. The van der Waals surface area contributed by atoms with Crippen molar-refractivity contribution in [2.24, 2.45) is 5.73 Å². The van der Waals surface area contributed by atoms with Crippen LogP contribution in [0.2, 0.25) is 0 Å². The van der Waals surface area contributed by atoms with Gasteiger partial charge in [0.2, 0.25) is 0 Å². The average Bonchev–Trinajstić information content (AvgIpc) is 2.85. The fourth-order valence-electron chi connectivity index (χ4n) is 2.08. The molecule has 0 spiro atoms. The topological polar surface area (TPSA) is 69.6 Å².